The molecule has 0 aliphatic heterocycles. The summed E-state index contributed by atoms with van der Waals surface area (Å²) in [7, 11) is 1.32. The van der Waals surface area contributed by atoms with Gasteiger partial charge in [0.05, 0.1) is 18.2 Å². The number of anilines is 1. The van der Waals surface area contributed by atoms with Crippen LogP contribution >= 0.6 is 0 Å². The molecule has 1 N–H and O–H groups in total. The Hall–Kier alpha value is -3.47. The molecule has 3 aromatic rings. The Kier molecular flexibility index (Phi) is 4.85. The first-order valence-electron chi connectivity index (χ1n) is 7.68. The number of pyridine rings is 1. The highest BCUT2D eigenvalue weighted by atomic mass is 16.5. The average Bonchev–Trinajstić information content (AvgIpc) is 2.66. The fourth-order valence-corrected chi connectivity index (χ4v) is 2.42. The SMILES string of the molecule is COC(=O)c1ccc(NC(=O)/C=C/c2cccc3cccnc23)cc1. The van der Waals surface area contributed by atoms with Crippen LogP contribution in [0.25, 0.3) is 17.0 Å². The van der Waals surface area contributed by atoms with Gasteiger partial charge < -0.3 is 10.1 Å². The number of benzene rings is 2. The first kappa shape index (κ1) is 16.4. The molecule has 3 rings (SSSR count). The highest BCUT2D eigenvalue weighted by Gasteiger charge is 2.05. The zero-order chi connectivity index (χ0) is 17.6. The molecule has 0 spiro atoms. The van der Waals surface area contributed by atoms with Crippen molar-refractivity contribution in [3.8, 4) is 0 Å². The number of amides is 1. The standard InChI is InChI=1S/C20H16N2O3/c1-25-20(24)16-7-10-17(11-8-16)22-18(23)12-9-15-5-2-4-14-6-3-13-21-19(14)15/h2-13H,1H3,(H,22,23)/b12-9+. The zero-order valence-electron chi connectivity index (χ0n) is 13.6. The van der Waals surface area contributed by atoms with Gasteiger partial charge >= 0.3 is 5.97 Å². The third kappa shape index (κ3) is 3.90. The highest BCUT2D eigenvalue weighted by molar-refractivity contribution is 6.03. The van der Waals surface area contributed by atoms with Crippen LogP contribution < -0.4 is 5.32 Å². The van der Waals surface area contributed by atoms with Crippen LogP contribution in [0.3, 0.4) is 0 Å². The van der Waals surface area contributed by atoms with E-state index in [1.807, 2.05) is 30.3 Å². The molecule has 124 valence electrons. The van der Waals surface area contributed by atoms with E-state index in [1.165, 1.54) is 13.2 Å². The molecule has 0 saturated heterocycles. The summed E-state index contributed by atoms with van der Waals surface area (Å²) < 4.78 is 4.64. The Morgan fingerprint density at radius 2 is 1.80 bits per heavy atom. The van der Waals surface area contributed by atoms with Crippen molar-refractivity contribution < 1.29 is 14.3 Å². The van der Waals surface area contributed by atoms with E-state index in [0.717, 1.165) is 16.5 Å². The van der Waals surface area contributed by atoms with Crippen molar-refractivity contribution in [2.24, 2.45) is 0 Å². The summed E-state index contributed by atoms with van der Waals surface area (Å²) in [4.78, 5) is 27.8. The Bertz CT molecular complexity index is 941. The maximum absolute atomic E-state index is 12.1. The molecular weight excluding hydrogens is 316 g/mol. The number of ether oxygens (including phenoxy) is 1. The zero-order valence-corrected chi connectivity index (χ0v) is 13.6. The fourth-order valence-electron chi connectivity index (χ4n) is 2.42. The van der Waals surface area contributed by atoms with Crippen molar-refractivity contribution >= 4 is 34.5 Å². The number of para-hydroxylation sites is 1. The lowest BCUT2D eigenvalue weighted by atomic mass is 10.1. The number of nitrogens with one attached hydrogen (secondary N) is 1. The molecule has 0 fully saturated rings. The van der Waals surface area contributed by atoms with Crippen molar-refractivity contribution in [3.63, 3.8) is 0 Å². The van der Waals surface area contributed by atoms with Crippen molar-refractivity contribution in [1.82, 2.24) is 4.98 Å². The molecule has 0 aliphatic carbocycles. The highest BCUT2D eigenvalue weighted by Crippen LogP contribution is 2.17. The van der Waals surface area contributed by atoms with Crippen molar-refractivity contribution in [3.05, 3.63) is 78.0 Å². The largest absolute Gasteiger partial charge is 0.465 e. The van der Waals surface area contributed by atoms with Crippen LogP contribution in [-0.2, 0) is 9.53 Å². The van der Waals surface area contributed by atoms with E-state index in [4.69, 9.17) is 0 Å². The lowest BCUT2D eigenvalue weighted by molar-refractivity contribution is -0.111. The number of aromatic nitrogens is 1. The molecule has 25 heavy (non-hydrogen) atoms. The van der Waals surface area contributed by atoms with Gasteiger partial charge in [-0.15, -0.1) is 0 Å². The van der Waals surface area contributed by atoms with E-state index in [9.17, 15) is 9.59 Å². The molecule has 0 saturated carbocycles. The average molecular weight is 332 g/mol. The molecule has 1 amide bonds. The number of esters is 1. The molecule has 0 unspecified atom stereocenters. The maximum Gasteiger partial charge on any atom is 0.337 e. The second-order valence-electron chi connectivity index (χ2n) is 5.31. The number of nitrogens with zero attached hydrogens (tertiary/aromatic N) is 1. The summed E-state index contributed by atoms with van der Waals surface area (Å²) in [6.45, 7) is 0. The number of carbonyl (C=O) groups is 2. The normalized spacial score (nSPS) is 10.8. The number of rotatable bonds is 4. The lowest BCUT2D eigenvalue weighted by Gasteiger charge is -2.04. The Morgan fingerprint density at radius 1 is 1.04 bits per heavy atom. The predicted octanol–water partition coefficient (Wildman–Crippen LogP) is 3.67. The van der Waals surface area contributed by atoms with E-state index in [0.29, 0.717) is 11.3 Å². The summed E-state index contributed by atoms with van der Waals surface area (Å²) in [5.41, 5.74) is 2.74. The van der Waals surface area contributed by atoms with Crippen LogP contribution in [0.1, 0.15) is 15.9 Å². The number of carbonyl (C=O) groups excluding carboxylic acids is 2. The van der Waals surface area contributed by atoms with Crippen LogP contribution in [0, 0.1) is 0 Å². The van der Waals surface area contributed by atoms with Gasteiger partial charge in [0.25, 0.3) is 0 Å². The summed E-state index contributed by atoms with van der Waals surface area (Å²) >= 11 is 0. The number of hydrogen-bond acceptors (Lipinski definition) is 4. The third-order valence-corrected chi connectivity index (χ3v) is 3.65. The molecule has 0 atom stereocenters. The summed E-state index contributed by atoms with van der Waals surface area (Å²) in [6, 6.07) is 16.2. The molecule has 1 aromatic heterocycles. The Balaban J connectivity index is 1.71. The predicted molar refractivity (Wildman–Crippen MR) is 97.2 cm³/mol. The van der Waals surface area contributed by atoms with Gasteiger partial charge in [-0.2, -0.15) is 0 Å². The molecule has 0 bridgehead atoms. The smallest absolute Gasteiger partial charge is 0.337 e. The Morgan fingerprint density at radius 3 is 2.56 bits per heavy atom. The topological polar surface area (TPSA) is 68.3 Å². The van der Waals surface area contributed by atoms with Gasteiger partial charge in [0.15, 0.2) is 0 Å². The molecule has 0 radical (unpaired) electrons. The quantitative estimate of drug-likeness (QED) is 0.584. The number of hydrogen-bond donors (Lipinski definition) is 1. The van der Waals surface area contributed by atoms with Crippen molar-refractivity contribution in [1.29, 1.82) is 0 Å². The van der Waals surface area contributed by atoms with Crippen LogP contribution in [-0.4, -0.2) is 24.0 Å². The van der Waals surface area contributed by atoms with E-state index >= 15 is 0 Å². The molecule has 1 heterocycles. The minimum Gasteiger partial charge on any atom is -0.465 e. The molecule has 0 aliphatic rings. The van der Waals surface area contributed by atoms with Gasteiger partial charge in [-0.3, -0.25) is 9.78 Å². The van der Waals surface area contributed by atoms with Crippen LogP contribution in [0.2, 0.25) is 0 Å². The maximum atomic E-state index is 12.1. The second-order valence-corrected chi connectivity index (χ2v) is 5.31. The third-order valence-electron chi connectivity index (χ3n) is 3.65. The minimum absolute atomic E-state index is 0.265. The van der Waals surface area contributed by atoms with E-state index < -0.39 is 5.97 Å². The number of fused-ring (bicyclic) bond motifs is 1. The van der Waals surface area contributed by atoms with E-state index in [1.54, 1.807) is 36.5 Å². The van der Waals surface area contributed by atoms with E-state index in [2.05, 4.69) is 15.0 Å². The summed E-state index contributed by atoms with van der Waals surface area (Å²) in [6.07, 6.45) is 4.91. The minimum atomic E-state index is -0.416. The van der Waals surface area contributed by atoms with Gasteiger partial charge in [0.2, 0.25) is 5.91 Å². The molecular formula is C20H16N2O3. The van der Waals surface area contributed by atoms with Crippen molar-refractivity contribution in [2.75, 3.05) is 12.4 Å². The molecule has 5 heteroatoms. The Labute approximate surface area is 145 Å². The summed E-state index contributed by atoms with van der Waals surface area (Å²) in [5, 5.41) is 3.76. The van der Waals surface area contributed by atoms with Crippen LogP contribution in [0.4, 0.5) is 5.69 Å². The van der Waals surface area contributed by atoms with Gasteiger partial charge in [0.1, 0.15) is 0 Å². The fraction of sp³-hybridized carbons (Fsp3) is 0.0500. The first-order valence-corrected chi connectivity index (χ1v) is 7.68. The summed E-state index contributed by atoms with van der Waals surface area (Å²) in [5.74, 6) is -0.681. The number of methoxy groups -OCH3 is 1. The van der Waals surface area contributed by atoms with E-state index in [-0.39, 0.29) is 5.91 Å². The van der Waals surface area contributed by atoms with Gasteiger partial charge in [-0.05, 0) is 36.4 Å². The van der Waals surface area contributed by atoms with Crippen LogP contribution in [0.15, 0.2) is 66.9 Å². The van der Waals surface area contributed by atoms with Gasteiger partial charge in [-0.1, -0.05) is 24.3 Å². The van der Waals surface area contributed by atoms with Gasteiger partial charge in [-0.25, -0.2) is 4.79 Å². The molecule has 5 nitrogen and oxygen atoms in total. The first-order chi connectivity index (χ1) is 12.2. The van der Waals surface area contributed by atoms with Crippen molar-refractivity contribution in [2.45, 2.75) is 0 Å². The molecule has 2 aromatic carbocycles. The lowest BCUT2D eigenvalue weighted by Crippen LogP contribution is -2.08. The monoisotopic (exact) mass is 332 g/mol. The second kappa shape index (κ2) is 7.40. The van der Waals surface area contributed by atoms with Crippen LogP contribution in [0.5, 0.6) is 0 Å². The van der Waals surface area contributed by atoms with Gasteiger partial charge in [0, 0.05) is 28.9 Å².